The van der Waals surface area contributed by atoms with Crippen molar-refractivity contribution in [3.63, 3.8) is 0 Å². The Morgan fingerprint density at radius 3 is 2.67 bits per heavy atom. The highest BCUT2D eigenvalue weighted by molar-refractivity contribution is 5.85. The minimum atomic E-state index is -0.973. The maximum Gasteiger partial charge on any atom is 0.328 e. The molecule has 0 heterocycles. The van der Waals surface area contributed by atoms with Gasteiger partial charge in [0.05, 0.1) is 13.2 Å². The lowest BCUT2D eigenvalue weighted by Crippen LogP contribution is -2.00. The van der Waals surface area contributed by atoms with Gasteiger partial charge in [0.2, 0.25) is 0 Å². The molecule has 0 atom stereocenters. The quantitative estimate of drug-likeness (QED) is 0.756. The van der Waals surface area contributed by atoms with Crippen LogP contribution in [0.5, 0.6) is 11.5 Å². The van der Waals surface area contributed by atoms with E-state index >= 15 is 0 Å². The van der Waals surface area contributed by atoms with Gasteiger partial charge in [0.1, 0.15) is 0 Å². The zero-order valence-electron chi connectivity index (χ0n) is 10.7. The lowest BCUT2D eigenvalue weighted by Gasteiger charge is -2.11. The molecule has 0 saturated heterocycles. The van der Waals surface area contributed by atoms with E-state index in [0.717, 1.165) is 18.1 Å². The molecule has 0 unspecified atom stereocenters. The second-order valence-electron chi connectivity index (χ2n) is 3.66. The van der Waals surface area contributed by atoms with Crippen LogP contribution in [0, 0.1) is 0 Å². The Balaban J connectivity index is 2.91. The largest absolute Gasteiger partial charge is 0.490 e. The van der Waals surface area contributed by atoms with Crippen LogP contribution in [0.3, 0.4) is 0 Å². The summed E-state index contributed by atoms with van der Waals surface area (Å²) in [6, 6.07) is 5.36. The summed E-state index contributed by atoms with van der Waals surface area (Å²) in [5, 5.41) is 8.58. The molecule has 0 radical (unpaired) electrons. The lowest BCUT2D eigenvalue weighted by atomic mass is 10.2. The van der Waals surface area contributed by atoms with Crippen molar-refractivity contribution in [2.45, 2.75) is 20.3 Å². The monoisotopic (exact) mass is 250 g/mol. The zero-order chi connectivity index (χ0) is 13.4. The molecule has 1 N–H and O–H groups in total. The van der Waals surface area contributed by atoms with Crippen molar-refractivity contribution in [2.75, 3.05) is 13.2 Å². The van der Waals surface area contributed by atoms with Gasteiger partial charge in [-0.05, 0) is 37.1 Å². The molecule has 0 fully saturated rings. The number of carboxylic acids is 1. The number of hydrogen-bond donors (Lipinski definition) is 1. The van der Waals surface area contributed by atoms with E-state index in [4.69, 9.17) is 14.6 Å². The normalized spacial score (nSPS) is 10.6. The molecule has 0 amide bonds. The van der Waals surface area contributed by atoms with Crippen molar-refractivity contribution < 1.29 is 19.4 Å². The number of benzene rings is 1. The summed E-state index contributed by atoms with van der Waals surface area (Å²) >= 11 is 0. The highest BCUT2D eigenvalue weighted by atomic mass is 16.5. The van der Waals surface area contributed by atoms with Crippen LogP contribution < -0.4 is 9.47 Å². The first-order chi connectivity index (χ1) is 8.67. The van der Waals surface area contributed by atoms with Crippen LogP contribution in [0.15, 0.2) is 24.3 Å². The first-order valence-electron chi connectivity index (χ1n) is 5.98. The SMILES string of the molecule is CCCOc1ccc(/C=C/C(=O)O)cc1OCC. The van der Waals surface area contributed by atoms with E-state index in [0.29, 0.717) is 24.7 Å². The van der Waals surface area contributed by atoms with Gasteiger partial charge in [-0.3, -0.25) is 0 Å². The molecule has 0 aliphatic carbocycles. The van der Waals surface area contributed by atoms with Crippen LogP contribution in [0.1, 0.15) is 25.8 Å². The average Bonchev–Trinajstić information content (AvgIpc) is 2.35. The third kappa shape index (κ3) is 4.49. The van der Waals surface area contributed by atoms with Gasteiger partial charge < -0.3 is 14.6 Å². The molecule has 18 heavy (non-hydrogen) atoms. The molecule has 0 aliphatic heterocycles. The van der Waals surface area contributed by atoms with Crippen molar-refractivity contribution in [2.24, 2.45) is 0 Å². The van der Waals surface area contributed by atoms with E-state index in [2.05, 4.69) is 0 Å². The van der Waals surface area contributed by atoms with E-state index < -0.39 is 5.97 Å². The molecular weight excluding hydrogens is 232 g/mol. The molecule has 1 aromatic rings. The number of rotatable bonds is 7. The summed E-state index contributed by atoms with van der Waals surface area (Å²) in [5.74, 6) is 0.351. The van der Waals surface area contributed by atoms with Crippen LogP contribution >= 0.6 is 0 Å². The minimum Gasteiger partial charge on any atom is -0.490 e. The van der Waals surface area contributed by atoms with Gasteiger partial charge in [-0.1, -0.05) is 13.0 Å². The Labute approximate surface area is 107 Å². The molecule has 0 saturated carbocycles. The molecule has 1 aromatic carbocycles. The second-order valence-corrected chi connectivity index (χ2v) is 3.66. The topological polar surface area (TPSA) is 55.8 Å². The molecule has 4 heteroatoms. The molecule has 0 aliphatic rings. The number of ether oxygens (including phenoxy) is 2. The number of carbonyl (C=O) groups is 1. The second kappa shape index (κ2) is 7.37. The fraction of sp³-hybridized carbons (Fsp3) is 0.357. The third-order valence-corrected chi connectivity index (χ3v) is 2.15. The number of carboxylic acid groups (broad SMARTS) is 1. The van der Waals surface area contributed by atoms with Crippen LogP contribution in [-0.4, -0.2) is 24.3 Å². The maximum absolute atomic E-state index is 10.4. The van der Waals surface area contributed by atoms with Crippen molar-refractivity contribution in [3.8, 4) is 11.5 Å². The van der Waals surface area contributed by atoms with E-state index in [1.165, 1.54) is 6.08 Å². The predicted octanol–water partition coefficient (Wildman–Crippen LogP) is 2.97. The Morgan fingerprint density at radius 2 is 2.06 bits per heavy atom. The van der Waals surface area contributed by atoms with Gasteiger partial charge >= 0.3 is 5.97 Å². The molecule has 0 aromatic heterocycles. The smallest absolute Gasteiger partial charge is 0.328 e. The summed E-state index contributed by atoms with van der Waals surface area (Å²) in [5.41, 5.74) is 0.768. The highest BCUT2D eigenvalue weighted by Crippen LogP contribution is 2.29. The number of aliphatic carboxylic acids is 1. The van der Waals surface area contributed by atoms with Crippen LogP contribution in [0.4, 0.5) is 0 Å². The van der Waals surface area contributed by atoms with Gasteiger partial charge in [0, 0.05) is 6.08 Å². The third-order valence-electron chi connectivity index (χ3n) is 2.15. The Hall–Kier alpha value is -1.97. The first-order valence-corrected chi connectivity index (χ1v) is 5.98. The van der Waals surface area contributed by atoms with E-state index in [1.807, 2.05) is 13.8 Å². The van der Waals surface area contributed by atoms with Gasteiger partial charge in [-0.15, -0.1) is 0 Å². The van der Waals surface area contributed by atoms with Gasteiger partial charge in [-0.25, -0.2) is 4.79 Å². The van der Waals surface area contributed by atoms with Crippen molar-refractivity contribution in [3.05, 3.63) is 29.8 Å². The molecule has 1 rings (SSSR count). The lowest BCUT2D eigenvalue weighted by molar-refractivity contribution is -0.131. The fourth-order valence-corrected chi connectivity index (χ4v) is 1.40. The Morgan fingerprint density at radius 1 is 1.28 bits per heavy atom. The molecule has 0 bridgehead atoms. The molecule has 98 valence electrons. The summed E-state index contributed by atoms with van der Waals surface area (Å²) in [6.45, 7) is 5.09. The summed E-state index contributed by atoms with van der Waals surface area (Å²) in [4.78, 5) is 10.4. The highest BCUT2D eigenvalue weighted by Gasteiger charge is 2.05. The molecule has 4 nitrogen and oxygen atoms in total. The van der Waals surface area contributed by atoms with E-state index in [1.54, 1.807) is 18.2 Å². The zero-order valence-corrected chi connectivity index (χ0v) is 10.7. The standard InChI is InChI=1S/C14H18O4/c1-3-9-18-12-7-5-11(6-8-14(15)16)10-13(12)17-4-2/h5-8,10H,3-4,9H2,1-2H3,(H,15,16)/b8-6+. The van der Waals surface area contributed by atoms with Crippen LogP contribution in [0.25, 0.3) is 6.08 Å². The van der Waals surface area contributed by atoms with Crippen molar-refractivity contribution >= 4 is 12.0 Å². The number of hydrogen-bond acceptors (Lipinski definition) is 3. The summed E-state index contributed by atoms with van der Waals surface area (Å²) < 4.78 is 11.0. The van der Waals surface area contributed by atoms with Gasteiger partial charge in [0.25, 0.3) is 0 Å². The first kappa shape index (κ1) is 14.1. The predicted molar refractivity (Wildman–Crippen MR) is 70.1 cm³/mol. The average molecular weight is 250 g/mol. The van der Waals surface area contributed by atoms with E-state index in [-0.39, 0.29) is 0 Å². The Bertz CT molecular complexity index is 424. The summed E-state index contributed by atoms with van der Waals surface area (Å²) in [6.07, 6.45) is 3.54. The minimum absolute atomic E-state index is 0.536. The van der Waals surface area contributed by atoms with E-state index in [9.17, 15) is 4.79 Å². The molecular formula is C14H18O4. The van der Waals surface area contributed by atoms with Crippen molar-refractivity contribution in [1.29, 1.82) is 0 Å². The van der Waals surface area contributed by atoms with Gasteiger partial charge in [-0.2, -0.15) is 0 Å². The fourth-order valence-electron chi connectivity index (χ4n) is 1.40. The molecule has 0 spiro atoms. The van der Waals surface area contributed by atoms with Crippen molar-refractivity contribution in [1.82, 2.24) is 0 Å². The van der Waals surface area contributed by atoms with Gasteiger partial charge in [0.15, 0.2) is 11.5 Å². The summed E-state index contributed by atoms with van der Waals surface area (Å²) in [7, 11) is 0. The van der Waals surface area contributed by atoms with Crippen LogP contribution in [-0.2, 0) is 4.79 Å². The maximum atomic E-state index is 10.4. The van der Waals surface area contributed by atoms with Crippen LogP contribution in [0.2, 0.25) is 0 Å². The Kier molecular flexibility index (Phi) is 5.77.